The molecule has 1 N–H and O–H groups in total. The lowest BCUT2D eigenvalue weighted by atomic mass is 10.0. The summed E-state index contributed by atoms with van der Waals surface area (Å²) in [4.78, 5) is 0. The Bertz CT molecular complexity index is 613. The Balaban J connectivity index is 1.79. The molecular weight excluding hydrogens is 512 g/mol. The van der Waals surface area contributed by atoms with E-state index in [1.165, 1.54) is 69.8 Å². The third-order valence-corrected chi connectivity index (χ3v) is 6.33. The zero-order chi connectivity index (χ0) is 28.6. The van der Waals surface area contributed by atoms with Crippen LogP contribution in [0.15, 0.2) is 24.3 Å². The molecule has 1 aromatic rings. The summed E-state index contributed by atoms with van der Waals surface area (Å²) in [6.07, 6.45) is 14.9. The van der Waals surface area contributed by atoms with Crippen LogP contribution in [-0.4, -0.2) is 97.6 Å². The van der Waals surface area contributed by atoms with Gasteiger partial charge in [-0.25, -0.2) is 0 Å². The molecule has 0 atom stereocenters. The maximum atomic E-state index is 8.58. The van der Waals surface area contributed by atoms with Crippen LogP contribution in [-0.2, 0) is 34.8 Å². The van der Waals surface area contributed by atoms with E-state index in [-0.39, 0.29) is 6.61 Å². The fourth-order valence-corrected chi connectivity index (χ4v) is 4.05. The van der Waals surface area contributed by atoms with Gasteiger partial charge in [-0.3, -0.25) is 0 Å². The summed E-state index contributed by atoms with van der Waals surface area (Å²) in [6.45, 7) is 8.92. The predicted molar refractivity (Wildman–Crippen MR) is 159 cm³/mol. The van der Waals surface area contributed by atoms with Gasteiger partial charge in [-0.1, -0.05) is 76.8 Å². The molecule has 0 unspecified atom stereocenters. The topological polar surface area (TPSA) is 84.8 Å². The van der Waals surface area contributed by atoms with Crippen molar-refractivity contribution in [2.45, 2.75) is 77.6 Å². The lowest BCUT2D eigenvalue weighted by Crippen LogP contribution is -2.15. The molecule has 1 aromatic carbocycles. The van der Waals surface area contributed by atoms with E-state index in [9.17, 15) is 0 Å². The molecule has 0 aliphatic heterocycles. The first kappa shape index (κ1) is 36.8. The average molecular weight is 571 g/mol. The van der Waals surface area contributed by atoms with Crippen molar-refractivity contribution in [2.75, 3.05) is 92.5 Å². The van der Waals surface area contributed by atoms with Crippen molar-refractivity contribution in [1.82, 2.24) is 0 Å². The van der Waals surface area contributed by atoms with Gasteiger partial charge in [0.15, 0.2) is 0 Å². The molecule has 0 aliphatic rings. The van der Waals surface area contributed by atoms with Gasteiger partial charge in [-0.15, -0.1) is 0 Å². The molecule has 8 nitrogen and oxygen atoms in total. The van der Waals surface area contributed by atoms with Gasteiger partial charge < -0.3 is 38.3 Å². The minimum absolute atomic E-state index is 0.0344. The fourth-order valence-electron chi connectivity index (χ4n) is 4.05. The van der Waals surface area contributed by atoms with Gasteiger partial charge in [0, 0.05) is 0 Å². The number of benzene rings is 1. The normalized spacial score (nSPS) is 11.3. The lowest BCUT2D eigenvalue weighted by Gasteiger charge is -2.09. The first-order valence-electron chi connectivity index (χ1n) is 15.7. The highest BCUT2D eigenvalue weighted by molar-refractivity contribution is 5.27. The van der Waals surface area contributed by atoms with Crippen molar-refractivity contribution in [1.29, 1.82) is 0 Å². The van der Waals surface area contributed by atoms with Crippen LogP contribution in [0.4, 0.5) is 0 Å². The molecular formula is C32H58O8. The minimum atomic E-state index is 0.0344. The standard InChI is InChI=1S/C32H58O8/c1-2-3-4-5-6-7-8-9-10-11-12-31-13-15-32(16-14-31)40-30-29-39-28-27-38-26-25-37-24-23-36-22-21-35-20-19-34-18-17-33/h13-16,33H,2-12,17-30H2,1H3. The Kier molecular flexibility index (Phi) is 28.2. The Morgan fingerprint density at radius 1 is 0.450 bits per heavy atom. The van der Waals surface area contributed by atoms with Crippen molar-refractivity contribution in [3.05, 3.63) is 29.8 Å². The van der Waals surface area contributed by atoms with Crippen LogP contribution >= 0.6 is 0 Å². The molecule has 0 spiro atoms. The SMILES string of the molecule is CCCCCCCCCCCCc1ccc(OCCOCCOCCOCCOCCOCCOCCO)cc1. The van der Waals surface area contributed by atoms with Crippen molar-refractivity contribution in [2.24, 2.45) is 0 Å². The average Bonchev–Trinajstić information content (AvgIpc) is 2.98. The summed E-state index contributed by atoms with van der Waals surface area (Å²) in [5, 5.41) is 8.58. The highest BCUT2D eigenvalue weighted by Gasteiger charge is 1.99. The van der Waals surface area contributed by atoms with Crippen molar-refractivity contribution >= 4 is 0 Å². The molecule has 0 saturated carbocycles. The molecule has 1 rings (SSSR count). The maximum Gasteiger partial charge on any atom is 0.119 e. The third-order valence-electron chi connectivity index (χ3n) is 6.33. The van der Waals surface area contributed by atoms with Gasteiger partial charge in [0.2, 0.25) is 0 Å². The number of aliphatic hydroxyl groups excluding tert-OH is 1. The van der Waals surface area contributed by atoms with E-state index < -0.39 is 0 Å². The molecule has 0 saturated heterocycles. The summed E-state index contributed by atoms with van der Waals surface area (Å²) in [5.41, 5.74) is 1.39. The van der Waals surface area contributed by atoms with Gasteiger partial charge in [0.1, 0.15) is 12.4 Å². The second kappa shape index (κ2) is 30.7. The third kappa shape index (κ3) is 25.7. The molecule has 40 heavy (non-hydrogen) atoms. The summed E-state index contributed by atoms with van der Waals surface area (Å²) in [7, 11) is 0. The zero-order valence-electron chi connectivity index (χ0n) is 25.3. The first-order chi connectivity index (χ1) is 19.9. The Hall–Kier alpha value is -1.26. The molecule has 0 radical (unpaired) electrons. The van der Waals surface area contributed by atoms with Crippen molar-refractivity contribution in [3.63, 3.8) is 0 Å². The van der Waals surface area contributed by atoms with E-state index in [4.69, 9.17) is 38.3 Å². The highest BCUT2D eigenvalue weighted by atomic mass is 16.6. The summed E-state index contributed by atoms with van der Waals surface area (Å²) >= 11 is 0. The Morgan fingerprint density at radius 2 is 0.825 bits per heavy atom. The summed E-state index contributed by atoms with van der Waals surface area (Å²) < 4.78 is 38.2. The molecule has 0 aliphatic carbocycles. The smallest absolute Gasteiger partial charge is 0.119 e. The van der Waals surface area contributed by atoms with Crippen LogP contribution in [0.3, 0.4) is 0 Å². The van der Waals surface area contributed by atoms with E-state index in [0.29, 0.717) is 85.9 Å². The second-order valence-electron chi connectivity index (χ2n) is 9.82. The van der Waals surface area contributed by atoms with E-state index in [2.05, 4.69) is 31.2 Å². The van der Waals surface area contributed by atoms with Crippen molar-refractivity contribution < 1.29 is 38.3 Å². The molecule has 0 heterocycles. The second-order valence-corrected chi connectivity index (χ2v) is 9.82. The Morgan fingerprint density at radius 3 is 1.25 bits per heavy atom. The van der Waals surface area contributed by atoms with Crippen LogP contribution in [0.25, 0.3) is 0 Å². The number of rotatable bonds is 32. The van der Waals surface area contributed by atoms with Crippen LogP contribution in [0.2, 0.25) is 0 Å². The van der Waals surface area contributed by atoms with Crippen LogP contribution in [0.1, 0.15) is 76.7 Å². The fraction of sp³-hybridized carbons (Fsp3) is 0.812. The van der Waals surface area contributed by atoms with Gasteiger partial charge in [0.05, 0.1) is 85.9 Å². The molecule has 0 aromatic heterocycles. The molecule has 0 amide bonds. The largest absolute Gasteiger partial charge is 0.491 e. The summed E-state index contributed by atoms with van der Waals surface area (Å²) in [6, 6.07) is 8.48. The number of aliphatic hydroxyl groups is 1. The van der Waals surface area contributed by atoms with E-state index in [1.807, 2.05) is 0 Å². The van der Waals surface area contributed by atoms with Crippen LogP contribution in [0, 0.1) is 0 Å². The number of unbranched alkanes of at least 4 members (excludes halogenated alkanes) is 9. The van der Waals surface area contributed by atoms with E-state index in [0.717, 1.165) is 12.2 Å². The zero-order valence-corrected chi connectivity index (χ0v) is 25.3. The summed E-state index contributed by atoms with van der Waals surface area (Å²) in [5.74, 6) is 0.893. The van der Waals surface area contributed by atoms with Gasteiger partial charge in [-0.2, -0.15) is 0 Å². The maximum absolute atomic E-state index is 8.58. The van der Waals surface area contributed by atoms with E-state index in [1.54, 1.807) is 0 Å². The predicted octanol–water partition coefficient (Wildman–Crippen LogP) is 5.62. The molecule has 234 valence electrons. The van der Waals surface area contributed by atoms with Gasteiger partial charge in [-0.05, 0) is 30.5 Å². The molecule has 0 bridgehead atoms. The molecule has 0 fully saturated rings. The van der Waals surface area contributed by atoms with Gasteiger partial charge >= 0.3 is 0 Å². The van der Waals surface area contributed by atoms with Crippen molar-refractivity contribution in [3.8, 4) is 5.75 Å². The lowest BCUT2D eigenvalue weighted by molar-refractivity contribution is -0.0191. The highest BCUT2D eigenvalue weighted by Crippen LogP contribution is 2.15. The first-order valence-corrected chi connectivity index (χ1v) is 15.7. The minimum Gasteiger partial charge on any atom is -0.491 e. The monoisotopic (exact) mass is 570 g/mol. The number of hydrogen-bond acceptors (Lipinski definition) is 8. The quantitative estimate of drug-likeness (QED) is 0.112. The van der Waals surface area contributed by atoms with Crippen LogP contribution < -0.4 is 4.74 Å². The molecule has 8 heteroatoms. The number of ether oxygens (including phenoxy) is 7. The van der Waals surface area contributed by atoms with E-state index >= 15 is 0 Å². The van der Waals surface area contributed by atoms with Gasteiger partial charge in [0.25, 0.3) is 0 Å². The Labute approximate surface area is 244 Å². The number of aryl methyl sites for hydroxylation is 1. The van der Waals surface area contributed by atoms with Crippen LogP contribution in [0.5, 0.6) is 5.75 Å². The number of hydrogen-bond donors (Lipinski definition) is 1.